The van der Waals surface area contributed by atoms with Crippen LogP contribution in [-0.4, -0.2) is 24.9 Å². The van der Waals surface area contributed by atoms with Gasteiger partial charge in [0, 0.05) is 32.1 Å². The van der Waals surface area contributed by atoms with Crippen molar-refractivity contribution >= 4 is 17.5 Å². The summed E-state index contributed by atoms with van der Waals surface area (Å²) in [7, 11) is 1.96. The Hall–Kier alpha value is -2.66. The second-order valence-corrected chi connectivity index (χ2v) is 6.96. The highest BCUT2D eigenvalue weighted by Gasteiger charge is 2.26. The predicted molar refractivity (Wildman–Crippen MR) is 122 cm³/mol. The smallest absolute Gasteiger partial charge is 0.224 e. The number of benzene rings is 2. The van der Waals surface area contributed by atoms with E-state index in [1.54, 1.807) is 6.92 Å². The Bertz CT molecular complexity index is 796. The average Bonchev–Trinajstić information content (AvgIpc) is 2.69. The standard InChI is InChI=1S/C20H24N2O.C2H5NO.C2H6/c1-14-4-7-19-12-18(10-11-20(19)22(14)15(2)23)17-8-5-16(6-9-17)13-21-3;1-2(3)4;1-2/h5-6,8-12,14,21H,4,7,13H2,1-3H3;1H3,(H2,3,4);1-2H3/t14-;;/m0../s1. The van der Waals surface area contributed by atoms with Gasteiger partial charge in [0.2, 0.25) is 11.8 Å². The Kier molecular flexibility index (Phi) is 10.1. The number of fused-ring (bicyclic) bond motifs is 1. The molecule has 0 fully saturated rings. The summed E-state index contributed by atoms with van der Waals surface area (Å²) in [6, 6.07) is 15.4. The molecule has 0 bridgehead atoms. The maximum absolute atomic E-state index is 11.9. The molecule has 2 aromatic rings. The van der Waals surface area contributed by atoms with E-state index in [1.807, 2.05) is 25.8 Å². The van der Waals surface area contributed by atoms with Gasteiger partial charge in [-0.1, -0.05) is 44.2 Å². The molecule has 1 aliphatic heterocycles. The van der Waals surface area contributed by atoms with E-state index in [-0.39, 0.29) is 17.9 Å². The molecule has 1 aliphatic rings. The van der Waals surface area contributed by atoms with Crippen molar-refractivity contribution in [3.63, 3.8) is 0 Å². The van der Waals surface area contributed by atoms with Gasteiger partial charge in [-0.3, -0.25) is 9.59 Å². The Morgan fingerprint density at radius 3 is 2.14 bits per heavy atom. The minimum atomic E-state index is -0.333. The van der Waals surface area contributed by atoms with Crippen LogP contribution in [0.2, 0.25) is 0 Å². The highest BCUT2D eigenvalue weighted by molar-refractivity contribution is 5.94. The van der Waals surface area contributed by atoms with Gasteiger partial charge < -0.3 is 16.0 Å². The summed E-state index contributed by atoms with van der Waals surface area (Å²) in [5.41, 5.74) is 10.5. The molecule has 3 rings (SSSR count). The van der Waals surface area contributed by atoms with Crippen LogP contribution in [0.4, 0.5) is 5.69 Å². The maximum Gasteiger partial charge on any atom is 0.224 e. The van der Waals surface area contributed by atoms with Crippen molar-refractivity contribution in [1.29, 1.82) is 0 Å². The molecule has 5 nitrogen and oxygen atoms in total. The van der Waals surface area contributed by atoms with E-state index >= 15 is 0 Å². The summed E-state index contributed by atoms with van der Waals surface area (Å²) in [6.07, 6.45) is 2.06. The van der Waals surface area contributed by atoms with E-state index in [2.05, 4.69) is 60.4 Å². The molecule has 0 aliphatic carbocycles. The zero-order chi connectivity index (χ0) is 22.0. The number of carbonyl (C=O) groups is 2. The summed E-state index contributed by atoms with van der Waals surface area (Å²) < 4.78 is 0. The number of amides is 2. The lowest BCUT2D eigenvalue weighted by Crippen LogP contribution is -2.40. The first-order chi connectivity index (χ1) is 13.8. The van der Waals surface area contributed by atoms with Gasteiger partial charge in [-0.15, -0.1) is 0 Å². The average molecular weight is 398 g/mol. The molecule has 0 spiro atoms. The van der Waals surface area contributed by atoms with Crippen LogP contribution in [0.1, 0.15) is 52.2 Å². The van der Waals surface area contributed by atoms with Crippen LogP contribution in [0.3, 0.4) is 0 Å². The van der Waals surface area contributed by atoms with Crippen LogP contribution in [0.5, 0.6) is 0 Å². The predicted octanol–water partition coefficient (Wildman–Crippen LogP) is 4.28. The molecule has 0 aromatic heterocycles. The SMILES string of the molecule is CC.CC(N)=O.CNCc1ccc(-c2ccc3c(c2)CC[C@H](C)N3C(C)=O)cc1. The third kappa shape index (κ3) is 7.02. The fourth-order valence-electron chi connectivity index (χ4n) is 3.43. The highest BCUT2D eigenvalue weighted by Crippen LogP contribution is 2.34. The van der Waals surface area contributed by atoms with Gasteiger partial charge in [-0.25, -0.2) is 0 Å². The molecule has 2 aromatic carbocycles. The number of primary amides is 1. The second-order valence-electron chi connectivity index (χ2n) is 6.96. The van der Waals surface area contributed by atoms with Crippen molar-refractivity contribution in [3.8, 4) is 11.1 Å². The topological polar surface area (TPSA) is 75.4 Å². The first kappa shape index (κ1) is 24.4. The number of hydrogen-bond acceptors (Lipinski definition) is 3. The second kappa shape index (κ2) is 12.0. The third-order valence-electron chi connectivity index (χ3n) is 4.62. The molecule has 0 saturated heterocycles. The molecule has 29 heavy (non-hydrogen) atoms. The minimum absolute atomic E-state index is 0.127. The van der Waals surface area contributed by atoms with Crippen LogP contribution in [-0.2, 0) is 22.6 Å². The quantitative estimate of drug-likeness (QED) is 0.812. The monoisotopic (exact) mass is 397 g/mol. The molecule has 1 heterocycles. The number of nitrogens with zero attached hydrogens (tertiary/aromatic N) is 1. The zero-order valence-electron chi connectivity index (χ0n) is 18.6. The number of anilines is 1. The van der Waals surface area contributed by atoms with Gasteiger partial charge in [0.05, 0.1) is 0 Å². The van der Waals surface area contributed by atoms with Gasteiger partial charge >= 0.3 is 0 Å². The highest BCUT2D eigenvalue weighted by atomic mass is 16.2. The number of aryl methyl sites for hydroxylation is 1. The number of carbonyl (C=O) groups excluding carboxylic acids is 2. The van der Waals surface area contributed by atoms with E-state index in [4.69, 9.17) is 0 Å². The Balaban J connectivity index is 0.000000627. The summed E-state index contributed by atoms with van der Waals surface area (Å²) >= 11 is 0. The molecule has 5 heteroatoms. The van der Waals surface area contributed by atoms with Crippen molar-refractivity contribution < 1.29 is 9.59 Å². The van der Waals surface area contributed by atoms with Crippen molar-refractivity contribution in [2.75, 3.05) is 11.9 Å². The lowest BCUT2D eigenvalue weighted by Gasteiger charge is -2.34. The zero-order valence-corrected chi connectivity index (χ0v) is 18.6. The number of nitrogens with one attached hydrogen (secondary N) is 1. The molecular weight excluding hydrogens is 362 g/mol. The number of hydrogen-bond donors (Lipinski definition) is 2. The first-order valence-corrected chi connectivity index (χ1v) is 10.3. The lowest BCUT2D eigenvalue weighted by molar-refractivity contribution is -0.117. The lowest BCUT2D eigenvalue weighted by atomic mass is 9.93. The van der Waals surface area contributed by atoms with E-state index in [9.17, 15) is 9.59 Å². The molecule has 0 saturated carbocycles. The summed E-state index contributed by atoms with van der Waals surface area (Å²) in [5, 5.41) is 3.17. The van der Waals surface area contributed by atoms with Gasteiger partial charge in [-0.05, 0) is 61.2 Å². The molecule has 2 amide bonds. The van der Waals surface area contributed by atoms with Crippen LogP contribution >= 0.6 is 0 Å². The van der Waals surface area contributed by atoms with Gasteiger partial charge in [0.25, 0.3) is 0 Å². The fourth-order valence-corrected chi connectivity index (χ4v) is 3.43. The van der Waals surface area contributed by atoms with Crippen molar-refractivity contribution in [1.82, 2.24) is 5.32 Å². The number of rotatable bonds is 3. The van der Waals surface area contributed by atoms with E-state index in [0.717, 1.165) is 25.1 Å². The van der Waals surface area contributed by atoms with Gasteiger partial charge in [-0.2, -0.15) is 0 Å². The molecule has 158 valence electrons. The van der Waals surface area contributed by atoms with E-state index in [1.165, 1.54) is 29.2 Å². The first-order valence-electron chi connectivity index (χ1n) is 10.3. The van der Waals surface area contributed by atoms with E-state index < -0.39 is 0 Å². The van der Waals surface area contributed by atoms with Crippen molar-refractivity contribution in [3.05, 3.63) is 53.6 Å². The van der Waals surface area contributed by atoms with Gasteiger partial charge in [0.1, 0.15) is 0 Å². The molecule has 0 radical (unpaired) electrons. The van der Waals surface area contributed by atoms with Crippen LogP contribution in [0, 0.1) is 0 Å². The normalized spacial score (nSPS) is 14.6. The summed E-state index contributed by atoms with van der Waals surface area (Å²) in [4.78, 5) is 23.1. The number of nitrogens with two attached hydrogens (primary N) is 1. The van der Waals surface area contributed by atoms with Crippen LogP contribution < -0.4 is 16.0 Å². The maximum atomic E-state index is 11.9. The molecular formula is C24H35N3O2. The van der Waals surface area contributed by atoms with Gasteiger partial charge in [0.15, 0.2) is 0 Å². The molecule has 1 atom stereocenters. The molecule has 0 unspecified atom stereocenters. The summed E-state index contributed by atoms with van der Waals surface area (Å²) in [6.45, 7) is 9.97. The Morgan fingerprint density at radius 2 is 1.62 bits per heavy atom. The third-order valence-corrected chi connectivity index (χ3v) is 4.62. The van der Waals surface area contributed by atoms with Crippen molar-refractivity contribution in [2.45, 2.75) is 60.0 Å². The Morgan fingerprint density at radius 1 is 1.07 bits per heavy atom. The van der Waals surface area contributed by atoms with Crippen LogP contribution in [0.25, 0.3) is 11.1 Å². The largest absolute Gasteiger partial charge is 0.370 e. The minimum Gasteiger partial charge on any atom is -0.370 e. The van der Waals surface area contributed by atoms with Crippen molar-refractivity contribution in [2.24, 2.45) is 5.73 Å². The van der Waals surface area contributed by atoms with E-state index in [0.29, 0.717) is 0 Å². The molecule has 3 N–H and O–H groups in total. The van der Waals surface area contributed by atoms with Crippen LogP contribution in [0.15, 0.2) is 42.5 Å². The summed E-state index contributed by atoms with van der Waals surface area (Å²) in [5.74, 6) is -0.206. The Labute approximate surface area is 175 Å². The fraction of sp³-hybridized carbons (Fsp3) is 0.417.